The standard InChI is InChI=1S/C9H9FN2O2/c10-7-4-3-6(14-5-1-2-5)8(12-7)9(11)13/h3-5H,1-2H2,(H2,11,13). The minimum Gasteiger partial charge on any atom is -0.488 e. The van der Waals surface area contributed by atoms with Crippen LogP contribution in [0.25, 0.3) is 0 Å². The van der Waals surface area contributed by atoms with Crippen molar-refractivity contribution in [1.29, 1.82) is 0 Å². The Hall–Kier alpha value is -1.65. The van der Waals surface area contributed by atoms with E-state index in [1.54, 1.807) is 0 Å². The number of hydrogen-bond donors (Lipinski definition) is 1. The van der Waals surface area contributed by atoms with Gasteiger partial charge in [-0.25, -0.2) is 4.98 Å². The minimum atomic E-state index is -0.778. The fraction of sp³-hybridized carbons (Fsp3) is 0.333. The molecule has 0 atom stereocenters. The summed E-state index contributed by atoms with van der Waals surface area (Å²) in [6.07, 6.45) is 2.03. The fourth-order valence-electron chi connectivity index (χ4n) is 1.06. The lowest BCUT2D eigenvalue weighted by molar-refractivity contribution is 0.0989. The molecule has 0 aromatic carbocycles. The monoisotopic (exact) mass is 196 g/mol. The van der Waals surface area contributed by atoms with Crippen LogP contribution in [0.3, 0.4) is 0 Å². The molecule has 1 heterocycles. The Morgan fingerprint density at radius 1 is 1.57 bits per heavy atom. The molecule has 1 amide bonds. The number of nitrogens with two attached hydrogens (primary N) is 1. The highest BCUT2D eigenvalue weighted by Gasteiger charge is 2.26. The molecule has 0 bridgehead atoms. The SMILES string of the molecule is NC(=O)c1nc(F)ccc1OC1CC1. The van der Waals surface area contributed by atoms with Crippen molar-refractivity contribution in [2.75, 3.05) is 0 Å². The van der Waals surface area contributed by atoms with Crippen molar-refractivity contribution in [1.82, 2.24) is 4.98 Å². The predicted octanol–water partition coefficient (Wildman–Crippen LogP) is 0.861. The van der Waals surface area contributed by atoms with E-state index < -0.39 is 11.9 Å². The molecular weight excluding hydrogens is 187 g/mol. The predicted molar refractivity (Wildman–Crippen MR) is 46.4 cm³/mol. The van der Waals surface area contributed by atoms with Gasteiger partial charge in [-0.2, -0.15) is 4.39 Å². The highest BCUT2D eigenvalue weighted by atomic mass is 19.1. The van der Waals surface area contributed by atoms with Crippen LogP contribution < -0.4 is 10.5 Å². The quantitative estimate of drug-likeness (QED) is 0.729. The van der Waals surface area contributed by atoms with E-state index in [-0.39, 0.29) is 17.5 Å². The highest BCUT2D eigenvalue weighted by molar-refractivity contribution is 5.93. The molecule has 4 nitrogen and oxygen atoms in total. The van der Waals surface area contributed by atoms with E-state index in [4.69, 9.17) is 10.5 Å². The van der Waals surface area contributed by atoms with Crippen LogP contribution in [-0.4, -0.2) is 17.0 Å². The summed E-state index contributed by atoms with van der Waals surface area (Å²) in [4.78, 5) is 14.3. The first-order valence-corrected chi connectivity index (χ1v) is 4.30. The van der Waals surface area contributed by atoms with Gasteiger partial charge in [0.05, 0.1) is 6.10 Å². The zero-order chi connectivity index (χ0) is 10.1. The van der Waals surface area contributed by atoms with Crippen LogP contribution >= 0.6 is 0 Å². The summed E-state index contributed by atoms with van der Waals surface area (Å²) in [7, 11) is 0. The largest absolute Gasteiger partial charge is 0.488 e. The second kappa shape index (κ2) is 3.25. The van der Waals surface area contributed by atoms with E-state index in [0.29, 0.717) is 0 Å². The van der Waals surface area contributed by atoms with Crippen LogP contribution in [0.2, 0.25) is 0 Å². The molecule has 0 unspecified atom stereocenters. The van der Waals surface area contributed by atoms with Crippen molar-refractivity contribution in [3.63, 3.8) is 0 Å². The Bertz CT molecular complexity index is 377. The van der Waals surface area contributed by atoms with E-state index in [2.05, 4.69) is 4.98 Å². The van der Waals surface area contributed by atoms with Gasteiger partial charge < -0.3 is 10.5 Å². The summed E-state index contributed by atoms with van der Waals surface area (Å²) in [5.74, 6) is -1.25. The normalized spacial score (nSPS) is 15.2. The fourth-order valence-corrected chi connectivity index (χ4v) is 1.06. The summed E-state index contributed by atoms with van der Waals surface area (Å²) in [5, 5.41) is 0. The molecule has 1 fully saturated rings. The van der Waals surface area contributed by atoms with E-state index in [9.17, 15) is 9.18 Å². The van der Waals surface area contributed by atoms with Crippen molar-refractivity contribution >= 4 is 5.91 Å². The first-order valence-electron chi connectivity index (χ1n) is 4.30. The van der Waals surface area contributed by atoms with Gasteiger partial charge in [0.2, 0.25) is 5.95 Å². The van der Waals surface area contributed by atoms with Crippen LogP contribution in [0.4, 0.5) is 4.39 Å². The van der Waals surface area contributed by atoms with Crippen LogP contribution in [0, 0.1) is 5.95 Å². The van der Waals surface area contributed by atoms with Gasteiger partial charge in [0.15, 0.2) is 11.4 Å². The number of hydrogen-bond acceptors (Lipinski definition) is 3. The third-order valence-electron chi connectivity index (χ3n) is 1.88. The lowest BCUT2D eigenvalue weighted by atomic mass is 10.3. The number of amides is 1. The second-order valence-electron chi connectivity index (χ2n) is 3.16. The average Bonchev–Trinajstić information content (AvgIpc) is 2.91. The number of carbonyl (C=O) groups excluding carboxylic acids is 1. The first-order chi connectivity index (χ1) is 6.66. The maximum Gasteiger partial charge on any atom is 0.271 e. The van der Waals surface area contributed by atoms with E-state index >= 15 is 0 Å². The summed E-state index contributed by atoms with van der Waals surface area (Å²) in [5.41, 5.74) is 4.89. The third kappa shape index (κ3) is 1.81. The van der Waals surface area contributed by atoms with Gasteiger partial charge in [-0.05, 0) is 25.0 Å². The summed E-state index contributed by atoms with van der Waals surface area (Å²) >= 11 is 0. The van der Waals surface area contributed by atoms with Gasteiger partial charge in [0, 0.05) is 0 Å². The molecule has 5 heteroatoms. The third-order valence-corrected chi connectivity index (χ3v) is 1.88. The molecule has 1 aliphatic rings. The number of primary amides is 1. The molecule has 1 aliphatic carbocycles. The summed E-state index contributed by atoms with van der Waals surface area (Å²) in [6, 6.07) is 2.52. The number of pyridine rings is 1. The number of nitrogens with zero attached hydrogens (tertiary/aromatic N) is 1. The summed E-state index contributed by atoms with van der Waals surface area (Å²) < 4.78 is 18.0. The first kappa shape index (κ1) is 8.93. The Labute approximate surface area is 79.9 Å². The number of aromatic nitrogens is 1. The molecule has 0 aliphatic heterocycles. The molecule has 0 radical (unpaired) electrons. The molecule has 1 aromatic heterocycles. The van der Waals surface area contributed by atoms with E-state index in [1.165, 1.54) is 6.07 Å². The molecule has 74 valence electrons. The van der Waals surface area contributed by atoms with Crippen molar-refractivity contribution in [2.24, 2.45) is 5.73 Å². The van der Waals surface area contributed by atoms with Crippen LogP contribution in [0.5, 0.6) is 5.75 Å². The maximum atomic E-state index is 12.7. The molecule has 1 saturated carbocycles. The molecule has 2 rings (SSSR count). The molecular formula is C9H9FN2O2. The van der Waals surface area contributed by atoms with Crippen molar-refractivity contribution in [3.8, 4) is 5.75 Å². The number of carbonyl (C=O) groups is 1. The molecule has 2 N–H and O–H groups in total. The van der Waals surface area contributed by atoms with Crippen LogP contribution in [0.1, 0.15) is 23.3 Å². The van der Waals surface area contributed by atoms with Gasteiger partial charge >= 0.3 is 0 Å². The smallest absolute Gasteiger partial charge is 0.271 e. The van der Waals surface area contributed by atoms with Gasteiger partial charge in [-0.3, -0.25) is 4.79 Å². The lowest BCUT2D eigenvalue weighted by Crippen LogP contribution is -2.16. The van der Waals surface area contributed by atoms with Gasteiger partial charge in [-0.1, -0.05) is 0 Å². The molecule has 14 heavy (non-hydrogen) atoms. The number of rotatable bonds is 3. The lowest BCUT2D eigenvalue weighted by Gasteiger charge is -2.06. The Kier molecular flexibility index (Phi) is 2.07. The topological polar surface area (TPSA) is 65.2 Å². The molecule has 1 aromatic rings. The van der Waals surface area contributed by atoms with Crippen molar-refractivity contribution in [2.45, 2.75) is 18.9 Å². The Morgan fingerprint density at radius 2 is 2.29 bits per heavy atom. The maximum absolute atomic E-state index is 12.7. The van der Waals surface area contributed by atoms with Crippen molar-refractivity contribution in [3.05, 3.63) is 23.8 Å². The second-order valence-corrected chi connectivity index (χ2v) is 3.16. The minimum absolute atomic E-state index is 0.125. The van der Waals surface area contributed by atoms with Gasteiger partial charge in [0.25, 0.3) is 5.91 Å². The van der Waals surface area contributed by atoms with E-state index in [1.807, 2.05) is 0 Å². The zero-order valence-corrected chi connectivity index (χ0v) is 7.37. The Morgan fingerprint density at radius 3 is 2.86 bits per heavy atom. The molecule has 0 saturated heterocycles. The highest BCUT2D eigenvalue weighted by Crippen LogP contribution is 2.28. The summed E-state index contributed by atoms with van der Waals surface area (Å²) in [6.45, 7) is 0. The number of halogens is 1. The zero-order valence-electron chi connectivity index (χ0n) is 7.37. The molecule has 0 spiro atoms. The average molecular weight is 196 g/mol. The van der Waals surface area contributed by atoms with Gasteiger partial charge in [-0.15, -0.1) is 0 Å². The van der Waals surface area contributed by atoms with Crippen molar-refractivity contribution < 1.29 is 13.9 Å². The van der Waals surface area contributed by atoms with Crippen LogP contribution in [0.15, 0.2) is 12.1 Å². The van der Waals surface area contributed by atoms with Gasteiger partial charge in [0.1, 0.15) is 0 Å². The Balaban J connectivity index is 2.31. The van der Waals surface area contributed by atoms with Crippen LogP contribution in [-0.2, 0) is 0 Å². The number of ether oxygens (including phenoxy) is 1. The van der Waals surface area contributed by atoms with E-state index in [0.717, 1.165) is 18.9 Å².